The number of ether oxygens (including phenoxy) is 1. The molecule has 0 unspecified atom stereocenters. The molecule has 0 heterocycles. The average molecular weight is 560 g/mol. The third-order valence-corrected chi connectivity index (χ3v) is 6.72. The maximum absolute atomic E-state index is 13.1. The van der Waals surface area contributed by atoms with Gasteiger partial charge in [-0.1, -0.05) is 47.5 Å². The van der Waals surface area contributed by atoms with Gasteiger partial charge in [-0.15, -0.1) is 10.2 Å². The molecule has 3 N–H and O–H groups in total. The van der Waals surface area contributed by atoms with Gasteiger partial charge in [0.05, 0.1) is 22.6 Å². The maximum Gasteiger partial charge on any atom is 0.294 e. The number of phenols is 1. The molecule has 0 aliphatic heterocycles. The van der Waals surface area contributed by atoms with E-state index >= 15 is 0 Å². The Bertz CT molecular complexity index is 1670. The lowest BCUT2D eigenvalue weighted by Gasteiger charge is -2.12. The van der Waals surface area contributed by atoms with Crippen LogP contribution in [0.1, 0.15) is 15.9 Å². The van der Waals surface area contributed by atoms with E-state index in [-0.39, 0.29) is 22.0 Å². The number of anilines is 1. The van der Waals surface area contributed by atoms with Gasteiger partial charge in [0.25, 0.3) is 16.0 Å². The lowest BCUT2D eigenvalue weighted by Crippen LogP contribution is -2.12. The summed E-state index contributed by atoms with van der Waals surface area (Å²) in [5.74, 6) is -0.625. The number of methoxy groups -OCH3 is 1. The summed E-state index contributed by atoms with van der Waals surface area (Å²) < 4.78 is 37.4. The molecule has 4 aromatic carbocycles. The number of amides is 1. The van der Waals surface area contributed by atoms with E-state index in [0.29, 0.717) is 32.8 Å². The van der Waals surface area contributed by atoms with Crippen LogP contribution >= 0.6 is 23.2 Å². The number of azo groups is 1. The molecule has 0 saturated carbocycles. The molecule has 0 aliphatic carbocycles. The number of nitrogens with one attached hydrogen (secondary N) is 1. The number of aryl methyl sites for hydroxylation is 1. The molecular formula is C25H19Cl2N3O6S. The normalized spacial score (nSPS) is 11.7. The van der Waals surface area contributed by atoms with Crippen LogP contribution in [0.5, 0.6) is 11.5 Å². The number of phenolic OH excluding ortho intramolecular Hbond substituents is 1. The summed E-state index contributed by atoms with van der Waals surface area (Å²) in [5.41, 5.74) is 0.721. The fourth-order valence-electron chi connectivity index (χ4n) is 3.62. The van der Waals surface area contributed by atoms with Crippen LogP contribution in [0.15, 0.2) is 75.8 Å². The molecule has 37 heavy (non-hydrogen) atoms. The van der Waals surface area contributed by atoms with E-state index in [0.717, 1.165) is 6.07 Å². The third-order valence-electron chi connectivity index (χ3n) is 5.38. The van der Waals surface area contributed by atoms with Crippen LogP contribution in [0.25, 0.3) is 10.8 Å². The number of hydrogen-bond acceptors (Lipinski definition) is 7. The lowest BCUT2D eigenvalue weighted by molar-refractivity contribution is 0.102. The molecule has 9 nitrogen and oxygen atoms in total. The molecule has 0 aromatic heterocycles. The number of hydrogen-bond donors (Lipinski definition) is 3. The second kappa shape index (κ2) is 10.3. The van der Waals surface area contributed by atoms with Gasteiger partial charge in [0.1, 0.15) is 17.1 Å². The Morgan fingerprint density at radius 3 is 2.38 bits per heavy atom. The smallest absolute Gasteiger partial charge is 0.294 e. The summed E-state index contributed by atoms with van der Waals surface area (Å²) in [7, 11) is -3.01. The SMILES string of the molecule is COc1cc(Cl)cc(NC(=O)c2cc3ccccc3c(N=Nc3c(C)cc(S(=O)(=O)O)cc3Cl)c2O)c1. The molecule has 0 fully saturated rings. The molecule has 12 heteroatoms. The number of aromatic hydroxyl groups is 1. The van der Waals surface area contributed by atoms with Crippen molar-refractivity contribution in [1.29, 1.82) is 0 Å². The van der Waals surface area contributed by atoms with Gasteiger partial charge in [-0.2, -0.15) is 8.42 Å². The van der Waals surface area contributed by atoms with E-state index in [9.17, 15) is 22.9 Å². The van der Waals surface area contributed by atoms with Crippen molar-refractivity contribution >= 4 is 67.1 Å². The first-order valence-corrected chi connectivity index (χ1v) is 12.8. The molecule has 0 saturated heterocycles. The van der Waals surface area contributed by atoms with Crippen molar-refractivity contribution in [2.24, 2.45) is 10.2 Å². The second-order valence-electron chi connectivity index (χ2n) is 7.92. The van der Waals surface area contributed by atoms with Crippen LogP contribution in [0.2, 0.25) is 10.0 Å². The highest BCUT2D eigenvalue weighted by Gasteiger charge is 2.20. The van der Waals surface area contributed by atoms with E-state index in [1.807, 2.05) is 0 Å². The number of carbonyl (C=O) groups excluding carboxylic acids is 1. The molecule has 190 valence electrons. The predicted octanol–water partition coefficient (Wildman–Crippen LogP) is 7.08. The Labute approximate surface area is 222 Å². The fraction of sp³-hybridized carbons (Fsp3) is 0.0800. The Balaban J connectivity index is 1.79. The summed E-state index contributed by atoms with van der Waals surface area (Å²) >= 11 is 12.3. The van der Waals surface area contributed by atoms with Crippen molar-refractivity contribution in [3.63, 3.8) is 0 Å². The lowest BCUT2D eigenvalue weighted by atomic mass is 10.0. The number of halogens is 2. The highest BCUT2D eigenvalue weighted by atomic mass is 35.5. The van der Waals surface area contributed by atoms with Crippen LogP contribution in [0.3, 0.4) is 0 Å². The van der Waals surface area contributed by atoms with Gasteiger partial charge in [0.15, 0.2) is 5.75 Å². The van der Waals surface area contributed by atoms with Crippen LogP contribution < -0.4 is 10.1 Å². The molecule has 0 bridgehead atoms. The fourth-order valence-corrected chi connectivity index (χ4v) is 4.81. The number of rotatable bonds is 6. The minimum atomic E-state index is -4.47. The van der Waals surface area contributed by atoms with Gasteiger partial charge in [0, 0.05) is 22.2 Å². The average Bonchev–Trinajstić information content (AvgIpc) is 2.83. The maximum atomic E-state index is 13.1. The monoisotopic (exact) mass is 559 g/mol. The zero-order valence-corrected chi connectivity index (χ0v) is 21.7. The van der Waals surface area contributed by atoms with Gasteiger partial charge >= 0.3 is 0 Å². The van der Waals surface area contributed by atoms with Crippen molar-refractivity contribution in [3.05, 3.63) is 81.8 Å². The molecule has 0 radical (unpaired) electrons. The second-order valence-corrected chi connectivity index (χ2v) is 10.2. The highest BCUT2D eigenvalue weighted by molar-refractivity contribution is 7.85. The van der Waals surface area contributed by atoms with Crippen LogP contribution in [0.4, 0.5) is 17.1 Å². The molecule has 4 aromatic rings. The van der Waals surface area contributed by atoms with E-state index in [1.54, 1.807) is 36.4 Å². The summed E-state index contributed by atoms with van der Waals surface area (Å²) in [5, 5.41) is 23.4. The molecule has 1 amide bonds. The molecule has 0 atom stereocenters. The van der Waals surface area contributed by atoms with E-state index in [2.05, 4.69) is 15.5 Å². The van der Waals surface area contributed by atoms with Crippen molar-refractivity contribution in [1.82, 2.24) is 0 Å². The highest BCUT2D eigenvalue weighted by Crippen LogP contribution is 2.41. The quantitative estimate of drug-likeness (QED) is 0.170. The molecular weight excluding hydrogens is 541 g/mol. The van der Waals surface area contributed by atoms with Crippen LogP contribution in [-0.4, -0.2) is 31.1 Å². The number of benzene rings is 4. The molecule has 0 spiro atoms. The van der Waals surface area contributed by atoms with E-state index in [1.165, 1.54) is 32.2 Å². The molecule has 4 rings (SSSR count). The zero-order valence-electron chi connectivity index (χ0n) is 19.4. The van der Waals surface area contributed by atoms with E-state index < -0.39 is 26.7 Å². The van der Waals surface area contributed by atoms with Gasteiger partial charge < -0.3 is 15.2 Å². The third kappa shape index (κ3) is 5.67. The first kappa shape index (κ1) is 26.4. The van der Waals surface area contributed by atoms with E-state index in [4.69, 9.17) is 27.9 Å². The van der Waals surface area contributed by atoms with Crippen LogP contribution in [0, 0.1) is 6.92 Å². The van der Waals surface area contributed by atoms with Crippen molar-refractivity contribution in [2.45, 2.75) is 11.8 Å². The van der Waals surface area contributed by atoms with Crippen molar-refractivity contribution in [2.75, 3.05) is 12.4 Å². The van der Waals surface area contributed by atoms with Gasteiger partial charge in [-0.25, -0.2) is 0 Å². The topological polar surface area (TPSA) is 138 Å². The minimum absolute atomic E-state index is 0.00116. The largest absolute Gasteiger partial charge is 0.505 e. The van der Waals surface area contributed by atoms with Crippen molar-refractivity contribution < 1.29 is 27.6 Å². The number of nitrogens with zero attached hydrogens (tertiary/aromatic N) is 2. The minimum Gasteiger partial charge on any atom is -0.505 e. The summed E-state index contributed by atoms with van der Waals surface area (Å²) in [6.07, 6.45) is 0. The summed E-state index contributed by atoms with van der Waals surface area (Å²) in [6, 6.07) is 15.4. The standard InChI is InChI=1S/C25H19Cl2N3O6S/c1-13-7-18(37(33,34)35)12-21(27)22(13)29-30-23-19-6-4-3-5-14(19)8-20(24(23)31)25(32)28-16-9-15(26)10-17(11-16)36-2/h3-12,31H,1-2H3,(H,28,32)(H,33,34,35). The van der Waals surface area contributed by atoms with Crippen molar-refractivity contribution in [3.8, 4) is 11.5 Å². The number of fused-ring (bicyclic) bond motifs is 1. The van der Waals surface area contributed by atoms with Crippen LogP contribution in [-0.2, 0) is 10.1 Å². The Morgan fingerprint density at radius 1 is 1.00 bits per heavy atom. The Kier molecular flexibility index (Phi) is 7.37. The Hall–Kier alpha value is -3.70. The van der Waals surface area contributed by atoms with Gasteiger partial charge in [0.2, 0.25) is 0 Å². The summed E-state index contributed by atoms with van der Waals surface area (Å²) in [6.45, 7) is 1.54. The predicted molar refractivity (Wildman–Crippen MR) is 142 cm³/mol. The first-order valence-electron chi connectivity index (χ1n) is 10.6. The number of carbonyl (C=O) groups is 1. The molecule has 0 aliphatic rings. The Morgan fingerprint density at radius 2 is 1.70 bits per heavy atom. The summed E-state index contributed by atoms with van der Waals surface area (Å²) in [4.78, 5) is 12.7. The van der Waals surface area contributed by atoms with Gasteiger partial charge in [-0.05, 0) is 48.2 Å². The van der Waals surface area contributed by atoms with Gasteiger partial charge in [-0.3, -0.25) is 9.35 Å². The zero-order chi connectivity index (χ0) is 26.9. The first-order chi connectivity index (χ1) is 17.5.